The Hall–Kier alpha value is -2.95. The molecule has 0 fully saturated rings. The van der Waals surface area contributed by atoms with Gasteiger partial charge in [0.15, 0.2) is 0 Å². The molecule has 3 N–H and O–H groups in total. The third-order valence-electron chi connectivity index (χ3n) is 3.93. The summed E-state index contributed by atoms with van der Waals surface area (Å²) in [5.74, 6) is -2.14. The lowest BCUT2D eigenvalue weighted by Crippen LogP contribution is -2.53. The Bertz CT molecular complexity index is 881. The van der Waals surface area contributed by atoms with E-state index in [1.807, 2.05) is 0 Å². The minimum atomic E-state index is -1.22. The Morgan fingerprint density at radius 2 is 1.83 bits per heavy atom. The van der Waals surface area contributed by atoms with Crippen molar-refractivity contribution in [1.82, 2.24) is 14.5 Å². The molecule has 11 heteroatoms. The first-order valence-corrected chi connectivity index (χ1v) is 8.93. The zero-order valence-electron chi connectivity index (χ0n) is 17.5. The summed E-state index contributed by atoms with van der Waals surface area (Å²) in [5.41, 5.74) is 3.98. The molecule has 0 aliphatic heterocycles. The number of nitrogens with one attached hydrogen (secondary N) is 1. The lowest BCUT2D eigenvalue weighted by molar-refractivity contribution is -0.160. The van der Waals surface area contributed by atoms with Crippen LogP contribution in [0.1, 0.15) is 33.3 Å². The van der Waals surface area contributed by atoms with Crippen molar-refractivity contribution < 1.29 is 23.9 Å². The van der Waals surface area contributed by atoms with Crippen molar-refractivity contribution in [1.29, 1.82) is 0 Å². The second-order valence-corrected chi connectivity index (χ2v) is 7.58. The molecule has 0 aliphatic carbocycles. The molecule has 11 nitrogen and oxygen atoms in total. The van der Waals surface area contributed by atoms with E-state index in [4.69, 9.17) is 10.5 Å². The van der Waals surface area contributed by atoms with Gasteiger partial charge in [-0.3, -0.25) is 23.9 Å². The minimum absolute atomic E-state index is 0.232. The molecule has 0 spiro atoms. The maximum Gasteiger partial charge on any atom is 0.328 e. The molecule has 162 valence electrons. The van der Waals surface area contributed by atoms with Crippen LogP contribution in [-0.2, 0) is 30.4 Å². The van der Waals surface area contributed by atoms with Gasteiger partial charge in [0.1, 0.15) is 24.2 Å². The molecule has 2 atom stereocenters. The fourth-order valence-electron chi connectivity index (χ4n) is 2.41. The molecule has 0 aromatic carbocycles. The topological polar surface area (TPSA) is 154 Å². The van der Waals surface area contributed by atoms with Crippen molar-refractivity contribution in [3.8, 4) is 0 Å². The third-order valence-corrected chi connectivity index (χ3v) is 3.93. The summed E-state index contributed by atoms with van der Waals surface area (Å²) in [6.45, 7) is 7.09. The first-order chi connectivity index (χ1) is 13.3. The summed E-state index contributed by atoms with van der Waals surface area (Å²) >= 11 is 0. The Labute approximate surface area is 167 Å². The Kier molecular flexibility index (Phi) is 7.89. The van der Waals surface area contributed by atoms with E-state index < -0.39 is 53.3 Å². The number of carbonyl (C=O) groups excluding carboxylic acids is 3. The predicted molar refractivity (Wildman–Crippen MR) is 103 cm³/mol. The lowest BCUT2D eigenvalue weighted by atomic mass is 10.1. The van der Waals surface area contributed by atoms with E-state index in [1.165, 1.54) is 20.0 Å². The molecule has 0 aliphatic rings. The van der Waals surface area contributed by atoms with Crippen LogP contribution in [-0.4, -0.2) is 63.6 Å². The molecule has 0 saturated carbocycles. The summed E-state index contributed by atoms with van der Waals surface area (Å²) in [4.78, 5) is 63.5. The van der Waals surface area contributed by atoms with Gasteiger partial charge in [-0.1, -0.05) is 0 Å². The third kappa shape index (κ3) is 6.86. The number of aryl methyl sites for hydroxylation is 1. The van der Waals surface area contributed by atoms with E-state index in [1.54, 1.807) is 20.8 Å². The van der Waals surface area contributed by atoms with Crippen molar-refractivity contribution in [2.24, 2.45) is 5.73 Å². The first kappa shape index (κ1) is 24.1. The smallest absolute Gasteiger partial charge is 0.328 e. The van der Waals surface area contributed by atoms with Crippen molar-refractivity contribution in [2.75, 3.05) is 13.7 Å². The van der Waals surface area contributed by atoms with Gasteiger partial charge >= 0.3 is 17.6 Å². The molecule has 0 bridgehead atoms. The fraction of sp³-hybridized carbons (Fsp3) is 0.611. The molecule has 1 amide bonds. The normalized spacial score (nSPS) is 13.3. The van der Waals surface area contributed by atoms with Gasteiger partial charge in [-0.05, 0) is 34.6 Å². The largest absolute Gasteiger partial charge is 0.467 e. The standard InChI is InChI=1S/C18H28N4O7/c1-10-7-21(17(27)20-14(10)24)9-13(23)22(11(2)15(25)28-6)8-12(19)16(26)29-18(3,4)5/h7,11-12H,8-9,19H2,1-6H3,(H,20,24,27)/t11-,12?/m1/s1. The molecule has 1 heterocycles. The summed E-state index contributed by atoms with van der Waals surface area (Å²) in [5, 5.41) is 0. The van der Waals surface area contributed by atoms with E-state index in [0.717, 1.165) is 16.6 Å². The maximum absolute atomic E-state index is 12.8. The van der Waals surface area contributed by atoms with E-state index in [2.05, 4.69) is 9.72 Å². The number of ether oxygens (including phenoxy) is 2. The summed E-state index contributed by atoms with van der Waals surface area (Å²) in [6.07, 6.45) is 1.23. The van der Waals surface area contributed by atoms with Gasteiger partial charge < -0.3 is 20.1 Å². The molecular weight excluding hydrogens is 384 g/mol. The van der Waals surface area contributed by atoms with Crippen LogP contribution in [0.25, 0.3) is 0 Å². The van der Waals surface area contributed by atoms with Gasteiger partial charge in [-0.15, -0.1) is 0 Å². The van der Waals surface area contributed by atoms with E-state index in [-0.39, 0.29) is 12.1 Å². The molecular formula is C18H28N4O7. The second-order valence-electron chi connectivity index (χ2n) is 7.58. The number of aromatic nitrogens is 2. The maximum atomic E-state index is 12.8. The number of H-pyrrole nitrogens is 1. The number of nitrogens with two attached hydrogens (primary N) is 1. The quantitative estimate of drug-likeness (QED) is 0.535. The first-order valence-electron chi connectivity index (χ1n) is 8.93. The minimum Gasteiger partial charge on any atom is -0.467 e. The van der Waals surface area contributed by atoms with Crippen LogP contribution in [0.4, 0.5) is 0 Å². The lowest BCUT2D eigenvalue weighted by Gasteiger charge is -2.30. The molecule has 1 unspecified atom stereocenters. The highest BCUT2D eigenvalue weighted by molar-refractivity contribution is 5.85. The van der Waals surface area contributed by atoms with Gasteiger partial charge in [0, 0.05) is 18.3 Å². The molecule has 29 heavy (non-hydrogen) atoms. The predicted octanol–water partition coefficient (Wildman–Crippen LogP) is -1.10. The van der Waals surface area contributed by atoms with Crippen molar-refractivity contribution >= 4 is 17.8 Å². The fourth-order valence-corrected chi connectivity index (χ4v) is 2.41. The van der Waals surface area contributed by atoms with Crippen molar-refractivity contribution in [2.45, 2.75) is 58.8 Å². The second kappa shape index (κ2) is 9.50. The van der Waals surface area contributed by atoms with Crippen LogP contribution in [0.15, 0.2) is 15.8 Å². The van der Waals surface area contributed by atoms with Gasteiger partial charge in [-0.2, -0.15) is 0 Å². The van der Waals surface area contributed by atoms with Gasteiger partial charge in [0.2, 0.25) is 5.91 Å². The van der Waals surface area contributed by atoms with Crippen LogP contribution in [0, 0.1) is 6.92 Å². The average molecular weight is 412 g/mol. The van der Waals surface area contributed by atoms with Crippen LogP contribution in [0.5, 0.6) is 0 Å². The molecule has 0 saturated heterocycles. The highest BCUT2D eigenvalue weighted by atomic mass is 16.6. The number of rotatable bonds is 7. The molecule has 1 aromatic rings. The van der Waals surface area contributed by atoms with E-state index >= 15 is 0 Å². The number of hydrogen-bond donors (Lipinski definition) is 2. The SMILES string of the molecule is COC(=O)[C@@H](C)N(CC(N)C(=O)OC(C)(C)C)C(=O)Cn1cc(C)c(=O)[nH]c1=O. The number of amides is 1. The Morgan fingerprint density at radius 1 is 1.24 bits per heavy atom. The molecule has 1 aromatic heterocycles. The number of aromatic amines is 1. The van der Waals surface area contributed by atoms with Crippen LogP contribution < -0.4 is 17.0 Å². The monoisotopic (exact) mass is 412 g/mol. The number of carbonyl (C=O) groups is 3. The zero-order valence-corrected chi connectivity index (χ0v) is 17.5. The zero-order chi connectivity index (χ0) is 22.5. The number of hydrogen-bond acceptors (Lipinski definition) is 8. The van der Waals surface area contributed by atoms with E-state index in [0.29, 0.717) is 0 Å². The molecule has 1 rings (SSSR count). The van der Waals surface area contributed by atoms with E-state index in [9.17, 15) is 24.0 Å². The summed E-state index contributed by atoms with van der Waals surface area (Å²) in [6, 6.07) is -2.29. The number of esters is 2. The summed E-state index contributed by atoms with van der Waals surface area (Å²) in [7, 11) is 1.16. The van der Waals surface area contributed by atoms with Gasteiger partial charge in [-0.25, -0.2) is 9.59 Å². The highest BCUT2D eigenvalue weighted by Crippen LogP contribution is 2.10. The van der Waals surface area contributed by atoms with Crippen LogP contribution in [0.3, 0.4) is 0 Å². The average Bonchev–Trinajstić information content (AvgIpc) is 2.61. The van der Waals surface area contributed by atoms with Gasteiger partial charge in [0.25, 0.3) is 5.56 Å². The molecule has 0 radical (unpaired) electrons. The van der Waals surface area contributed by atoms with Crippen LogP contribution >= 0.6 is 0 Å². The Morgan fingerprint density at radius 3 is 2.34 bits per heavy atom. The Balaban J connectivity index is 3.12. The summed E-state index contributed by atoms with van der Waals surface area (Å²) < 4.78 is 10.9. The van der Waals surface area contributed by atoms with Gasteiger partial charge in [0.05, 0.1) is 7.11 Å². The van der Waals surface area contributed by atoms with Crippen LogP contribution in [0.2, 0.25) is 0 Å². The van der Waals surface area contributed by atoms with Crippen molar-refractivity contribution in [3.63, 3.8) is 0 Å². The highest BCUT2D eigenvalue weighted by Gasteiger charge is 2.32. The van der Waals surface area contributed by atoms with Crippen molar-refractivity contribution in [3.05, 3.63) is 32.6 Å². The number of nitrogens with zero attached hydrogens (tertiary/aromatic N) is 2. The number of methoxy groups -OCH3 is 1.